The summed E-state index contributed by atoms with van der Waals surface area (Å²) < 4.78 is 16.7. The van der Waals surface area contributed by atoms with Crippen LogP contribution in [0, 0.1) is 5.92 Å². The minimum Gasteiger partial charge on any atom is -0.507 e. The zero-order chi connectivity index (χ0) is 26.5. The SMILES string of the molecule is COc1ccc([C@H]2/C(=C(\O)c3ccc(OCC(C)C)cc3)C(=O)C(=O)N2Cc2cccnc2)c(OC)c1. The van der Waals surface area contributed by atoms with Crippen LogP contribution in [-0.2, 0) is 16.1 Å². The molecular weight excluding hydrogens is 472 g/mol. The number of hydrogen-bond acceptors (Lipinski definition) is 7. The van der Waals surface area contributed by atoms with Crippen molar-refractivity contribution in [2.24, 2.45) is 5.92 Å². The molecule has 0 spiro atoms. The number of pyridine rings is 1. The van der Waals surface area contributed by atoms with Gasteiger partial charge < -0.3 is 24.2 Å². The second-order valence-corrected chi connectivity index (χ2v) is 9.13. The maximum absolute atomic E-state index is 13.4. The van der Waals surface area contributed by atoms with Gasteiger partial charge in [0.1, 0.15) is 23.0 Å². The molecule has 2 heterocycles. The summed E-state index contributed by atoms with van der Waals surface area (Å²) in [5.74, 6) is 0.228. The van der Waals surface area contributed by atoms with Gasteiger partial charge in [-0.2, -0.15) is 0 Å². The number of carbonyl (C=O) groups is 2. The van der Waals surface area contributed by atoms with Crippen molar-refractivity contribution in [3.63, 3.8) is 0 Å². The van der Waals surface area contributed by atoms with Crippen molar-refractivity contribution in [3.8, 4) is 17.2 Å². The normalized spacial score (nSPS) is 16.8. The lowest BCUT2D eigenvalue weighted by Crippen LogP contribution is -2.29. The molecule has 1 N–H and O–H groups in total. The lowest BCUT2D eigenvalue weighted by atomic mass is 9.94. The first kappa shape index (κ1) is 25.8. The fraction of sp³-hybridized carbons (Fsp3) is 0.276. The first-order valence-corrected chi connectivity index (χ1v) is 12.0. The molecule has 3 aromatic rings. The summed E-state index contributed by atoms with van der Waals surface area (Å²) in [5.41, 5.74) is 1.67. The molecule has 1 amide bonds. The molecule has 37 heavy (non-hydrogen) atoms. The van der Waals surface area contributed by atoms with Gasteiger partial charge in [0.05, 0.1) is 32.4 Å². The Hall–Kier alpha value is -4.33. The Balaban J connectivity index is 1.82. The maximum Gasteiger partial charge on any atom is 0.295 e. The molecule has 0 unspecified atom stereocenters. The summed E-state index contributed by atoms with van der Waals surface area (Å²) in [5, 5.41) is 11.4. The third-order valence-electron chi connectivity index (χ3n) is 6.06. The number of ketones is 1. The zero-order valence-corrected chi connectivity index (χ0v) is 21.3. The molecule has 8 nitrogen and oxygen atoms in total. The number of carbonyl (C=O) groups excluding carboxylic acids is 2. The highest BCUT2D eigenvalue weighted by atomic mass is 16.5. The van der Waals surface area contributed by atoms with Crippen molar-refractivity contribution < 1.29 is 28.9 Å². The predicted octanol–water partition coefficient (Wildman–Crippen LogP) is 4.76. The molecule has 1 aliphatic rings. The number of methoxy groups -OCH3 is 2. The van der Waals surface area contributed by atoms with Crippen LogP contribution in [0.25, 0.3) is 5.76 Å². The van der Waals surface area contributed by atoms with E-state index in [1.807, 2.05) is 6.07 Å². The predicted molar refractivity (Wildman–Crippen MR) is 138 cm³/mol. The molecule has 0 saturated carbocycles. The van der Waals surface area contributed by atoms with Crippen molar-refractivity contribution in [2.75, 3.05) is 20.8 Å². The molecule has 2 aromatic carbocycles. The molecule has 4 rings (SSSR count). The number of Topliss-reactive ketones (excluding diaryl/α,β-unsaturated/α-hetero) is 1. The molecule has 1 aromatic heterocycles. The van der Waals surface area contributed by atoms with E-state index in [0.29, 0.717) is 40.9 Å². The number of aliphatic hydroxyl groups excluding tert-OH is 1. The van der Waals surface area contributed by atoms with Gasteiger partial charge in [-0.3, -0.25) is 14.6 Å². The first-order chi connectivity index (χ1) is 17.8. The smallest absolute Gasteiger partial charge is 0.295 e. The van der Waals surface area contributed by atoms with E-state index < -0.39 is 17.7 Å². The van der Waals surface area contributed by atoms with Gasteiger partial charge in [0.25, 0.3) is 11.7 Å². The quantitative estimate of drug-likeness (QED) is 0.256. The fourth-order valence-corrected chi connectivity index (χ4v) is 4.23. The lowest BCUT2D eigenvalue weighted by molar-refractivity contribution is -0.140. The van der Waals surface area contributed by atoms with Crippen LogP contribution in [0.1, 0.15) is 36.6 Å². The van der Waals surface area contributed by atoms with Crippen LogP contribution in [-0.4, -0.2) is 47.5 Å². The Labute approximate surface area is 216 Å². The van der Waals surface area contributed by atoms with E-state index in [0.717, 1.165) is 5.56 Å². The second kappa shape index (κ2) is 11.2. The van der Waals surface area contributed by atoms with E-state index >= 15 is 0 Å². The highest BCUT2D eigenvalue weighted by Gasteiger charge is 2.47. The molecule has 1 saturated heterocycles. The Bertz CT molecular complexity index is 1300. The van der Waals surface area contributed by atoms with Gasteiger partial charge >= 0.3 is 0 Å². The van der Waals surface area contributed by atoms with Gasteiger partial charge in [-0.25, -0.2) is 0 Å². The van der Waals surface area contributed by atoms with Gasteiger partial charge in [-0.15, -0.1) is 0 Å². The van der Waals surface area contributed by atoms with E-state index in [1.54, 1.807) is 60.9 Å². The molecule has 1 fully saturated rings. The Kier molecular flexibility index (Phi) is 7.77. The molecule has 0 aliphatic carbocycles. The van der Waals surface area contributed by atoms with Crippen molar-refractivity contribution in [2.45, 2.75) is 26.4 Å². The molecule has 192 valence electrons. The third kappa shape index (κ3) is 5.43. The summed E-state index contributed by atoms with van der Waals surface area (Å²) in [7, 11) is 3.04. The van der Waals surface area contributed by atoms with Gasteiger partial charge in [-0.1, -0.05) is 19.9 Å². The molecule has 1 atom stereocenters. The number of nitrogens with zero attached hydrogens (tertiary/aromatic N) is 2. The number of rotatable bonds is 9. The van der Waals surface area contributed by atoms with Crippen LogP contribution >= 0.6 is 0 Å². The van der Waals surface area contributed by atoms with Crippen molar-refractivity contribution >= 4 is 17.4 Å². The van der Waals surface area contributed by atoms with Crippen LogP contribution in [0.4, 0.5) is 0 Å². The summed E-state index contributed by atoms with van der Waals surface area (Å²) in [6.45, 7) is 4.79. The highest BCUT2D eigenvalue weighted by molar-refractivity contribution is 6.46. The Morgan fingerprint density at radius 3 is 2.38 bits per heavy atom. The summed E-state index contributed by atoms with van der Waals surface area (Å²) in [4.78, 5) is 32.2. The van der Waals surface area contributed by atoms with Crippen LogP contribution in [0.2, 0.25) is 0 Å². The van der Waals surface area contributed by atoms with Crippen LogP contribution in [0.3, 0.4) is 0 Å². The largest absolute Gasteiger partial charge is 0.507 e. The van der Waals surface area contributed by atoms with E-state index in [9.17, 15) is 14.7 Å². The molecule has 0 radical (unpaired) electrons. The number of aliphatic hydroxyl groups is 1. The molecule has 0 bridgehead atoms. The average Bonchev–Trinajstić information content (AvgIpc) is 3.16. The number of ether oxygens (including phenoxy) is 3. The highest BCUT2D eigenvalue weighted by Crippen LogP contribution is 2.44. The number of aromatic nitrogens is 1. The van der Waals surface area contributed by atoms with Crippen LogP contribution in [0.5, 0.6) is 17.2 Å². The maximum atomic E-state index is 13.4. The van der Waals surface area contributed by atoms with Gasteiger partial charge in [-0.05, 0) is 53.9 Å². The van der Waals surface area contributed by atoms with Crippen LogP contribution in [0.15, 0.2) is 72.6 Å². The average molecular weight is 503 g/mol. The monoisotopic (exact) mass is 502 g/mol. The van der Waals surface area contributed by atoms with Gasteiger partial charge in [0.15, 0.2) is 0 Å². The Morgan fingerprint density at radius 1 is 1.03 bits per heavy atom. The van der Waals surface area contributed by atoms with Gasteiger partial charge in [0.2, 0.25) is 0 Å². The number of benzene rings is 2. The third-order valence-corrected chi connectivity index (χ3v) is 6.06. The number of likely N-dealkylation sites (tertiary alicyclic amines) is 1. The second-order valence-electron chi connectivity index (χ2n) is 9.13. The summed E-state index contributed by atoms with van der Waals surface area (Å²) in [6.07, 6.45) is 3.27. The molecule has 8 heteroatoms. The standard InChI is InChI=1S/C29H30N2O6/c1-18(2)17-37-21-9-7-20(8-10-21)27(32)25-26(23-12-11-22(35-3)14-24(23)36-4)31(29(34)28(25)33)16-19-6-5-13-30-15-19/h5-15,18,26,32H,16-17H2,1-4H3/b27-25+/t26-/m0/s1. The summed E-state index contributed by atoms with van der Waals surface area (Å²) in [6, 6.07) is 14.6. The fourth-order valence-electron chi connectivity index (χ4n) is 4.23. The van der Waals surface area contributed by atoms with E-state index in [1.165, 1.54) is 19.1 Å². The zero-order valence-electron chi connectivity index (χ0n) is 21.3. The topological polar surface area (TPSA) is 98.2 Å². The van der Waals surface area contributed by atoms with Crippen molar-refractivity contribution in [1.29, 1.82) is 0 Å². The first-order valence-electron chi connectivity index (χ1n) is 12.0. The van der Waals surface area contributed by atoms with Crippen LogP contribution < -0.4 is 14.2 Å². The molecular formula is C29H30N2O6. The van der Waals surface area contributed by atoms with E-state index in [4.69, 9.17) is 14.2 Å². The lowest BCUT2D eigenvalue weighted by Gasteiger charge is -2.26. The minimum absolute atomic E-state index is 0.0202. The number of hydrogen-bond donors (Lipinski definition) is 1. The number of amides is 1. The summed E-state index contributed by atoms with van der Waals surface area (Å²) >= 11 is 0. The van der Waals surface area contributed by atoms with E-state index in [-0.39, 0.29) is 17.9 Å². The van der Waals surface area contributed by atoms with Crippen molar-refractivity contribution in [3.05, 3.63) is 89.3 Å². The van der Waals surface area contributed by atoms with E-state index in [2.05, 4.69) is 18.8 Å². The van der Waals surface area contributed by atoms with Gasteiger partial charge in [0, 0.05) is 36.1 Å². The Morgan fingerprint density at radius 2 is 1.76 bits per heavy atom. The minimum atomic E-state index is -0.891. The van der Waals surface area contributed by atoms with Crippen molar-refractivity contribution in [1.82, 2.24) is 9.88 Å². The molecule has 1 aliphatic heterocycles.